The Morgan fingerprint density at radius 2 is 1.95 bits per heavy atom. The van der Waals surface area contributed by atoms with E-state index >= 15 is 0 Å². The van der Waals surface area contributed by atoms with Gasteiger partial charge in [0.05, 0.1) is 12.0 Å². The summed E-state index contributed by atoms with van der Waals surface area (Å²) in [4.78, 5) is 0. The predicted octanol–water partition coefficient (Wildman–Crippen LogP) is 5.22. The molecule has 0 fully saturated rings. The van der Waals surface area contributed by atoms with Gasteiger partial charge in [-0.1, -0.05) is 64.8 Å². The smallest absolute Gasteiger partial charge is 0.174 e. The molecule has 0 N–H and O–H groups in total. The Morgan fingerprint density at radius 3 is 2.68 bits per heavy atom. The van der Waals surface area contributed by atoms with Crippen LogP contribution in [0.4, 0.5) is 0 Å². The molecule has 0 spiro atoms. The van der Waals surface area contributed by atoms with Gasteiger partial charge < -0.3 is 9.26 Å². The van der Waals surface area contributed by atoms with E-state index in [1.54, 1.807) is 0 Å². The molecule has 3 aromatic rings. The molecule has 2 aromatic carbocycles. The molecule has 0 saturated heterocycles. The zero-order valence-electron chi connectivity index (χ0n) is 12.5. The van der Waals surface area contributed by atoms with Gasteiger partial charge in [-0.3, -0.25) is 0 Å². The van der Waals surface area contributed by atoms with Gasteiger partial charge in [-0.25, -0.2) is 0 Å². The number of nitrogens with zero attached hydrogens (tertiary/aromatic N) is 1. The highest BCUT2D eigenvalue weighted by molar-refractivity contribution is 9.09. The fourth-order valence-electron chi connectivity index (χ4n) is 2.62. The highest BCUT2D eigenvalue weighted by Gasteiger charge is 2.17. The van der Waals surface area contributed by atoms with Crippen molar-refractivity contribution in [1.82, 2.24) is 5.16 Å². The van der Waals surface area contributed by atoms with Gasteiger partial charge in [-0.05, 0) is 18.6 Å². The van der Waals surface area contributed by atoms with Crippen LogP contribution in [0.25, 0.3) is 22.2 Å². The molecule has 0 radical (unpaired) electrons. The van der Waals surface area contributed by atoms with Crippen LogP contribution in [-0.2, 0) is 6.42 Å². The topological polar surface area (TPSA) is 35.3 Å². The molecule has 0 bridgehead atoms. The highest BCUT2D eigenvalue weighted by Crippen LogP contribution is 2.35. The summed E-state index contributed by atoms with van der Waals surface area (Å²) in [5, 5.41) is 6.14. The summed E-state index contributed by atoms with van der Waals surface area (Å²) in [6, 6.07) is 14.2. The molecule has 0 amide bonds. The van der Waals surface area contributed by atoms with E-state index in [-0.39, 0.29) is 0 Å². The Bertz CT molecular complexity index is 752. The fraction of sp³-hybridized carbons (Fsp3) is 0.278. The number of aryl methyl sites for hydroxylation is 1. The standard InChI is InChI=1S/C18H18BrNO2/c1-2-6-14-16(21-12-11-19)10-9-15-17(20-22-18(14)15)13-7-4-3-5-8-13/h3-5,7-10H,2,6,11-12H2,1H3. The zero-order valence-corrected chi connectivity index (χ0v) is 14.1. The number of benzene rings is 2. The minimum absolute atomic E-state index is 0.641. The molecule has 3 rings (SSSR count). The maximum atomic E-state index is 5.83. The fourth-order valence-corrected chi connectivity index (χ4v) is 2.78. The van der Waals surface area contributed by atoms with Gasteiger partial charge in [0.25, 0.3) is 0 Å². The van der Waals surface area contributed by atoms with Crippen LogP contribution in [0.2, 0.25) is 0 Å². The van der Waals surface area contributed by atoms with Crippen LogP contribution in [-0.4, -0.2) is 17.1 Å². The average Bonchev–Trinajstić information content (AvgIpc) is 2.99. The monoisotopic (exact) mass is 359 g/mol. The van der Waals surface area contributed by atoms with Crippen molar-refractivity contribution < 1.29 is 9.26 Å². The number of alkyl halides is 1. The van der Waals surface area contributed by atoms with Gasteiger partial charge in [0, 0.05) is 16.5 Å². The minimum atomic E-state index is 0.641. The lowest BCUT2D eigenvalue weighted by Crippen LogP contribution is -2.01. The van der Waals surface area contributed by atoms with E-state index in [0.717, 1.165) is 51.7 Å². The second-order valence-electron chi connectivity index (χ2n) is 5.10. The molecule has 1 heterocycles. The first-order chi connectivity index (χ1) is 10.8. The van der Waals surface area contributed by atoms with E-state index in [1.807, 2.05) is 42.5 Å². The zero-order chi connectivity index (χ0) is 15.4. The van der Waals surface area contributed by atoms with Crippen LogP contribution in [0.1, 0.15) is 18.9 Å². The number of fused-ring (bicyclic) bond motifs is 1. The molecule has 3 nitrogen and oxygen atoms in total. The summed E-state index contributed by atoms with van der Waals surface area (Å²) in [6.07, 6.45) is 1.95. The summed E-state index contributed by atoms with van der Waals surface area (Å²) in [6.45, 7) is 2.80. The Morgan fingerprint density at radius 1 is 1.14 bits per heavy atom. The Hall–Kier alpha value is -1.81. The maximum Gasteiger partial charge on any atom is 0.174 e. The molecule has 1 aromatic heterocycles. The van der Waals surface area contributed by atoms with Crippen molar-refractivity contribution in [2.75, 3.05) is 11.9 Å². The molecule has 0 aliphatic rings. The van der Waals surface area contributed by atoms with E-state index < -0.39 is 0 Å². The first-order valence-corrected chi connectivity index (χ1v) is 8.62. The first-order valence-electron chi connectivity index (χ1n) is 7.50. The maximum absolute atomic E-state index is 5.83. The third-order valence-electron chi connectivity index (χ3n) is 3.58. The lowest BCUT2D eigenvalue weighted by molar-refractivity contribution is 0.340. The van der Waals surface area contributed by atoms with E-state index in [0.29, 0.717) is 6.61 Å². The number of halogens is 1. The van der Waals surface area contributed by atoms with Crippen LogP contribution in [0.5, 0.6) is 5.75 Å². The third-order valence-corrected chi connectivity index (χ3v) is 3.91. The SMILES string of the molecule is CCCc1c(OCCBr)ccc2c(-c3ccccc3)noc12. The molecule has 0 aliphatic heterocycles. The molecular formula is C18H18BrNO2. The van der Waals surface area contributed by atoms with Crippen molar-refractivity contribution in [2.45, 2.75) is 19.8 Å². The normalized spacial score (nSPS) is 11.0. The quantitative estimate of drug-likeness (QED) is 0.565. The Kier molecular flexibility index (Phi) is 4.78. The molecule has 114 valence electrons. The lowest BCUT2D eigenvalue weighted by Gasteiger charge is -2.10. The van der Waals surface area contributed by atoms with Gasteiger partial charge in [0.15, 0.2) is 5.58 Å². The lowest BCUT2D eigenvalue weighted by atomic mass is 10.0. The third kappa shape index (κ3) is 2.88. The van der Waals surface area contributed by atoms with Crippen molar-refractivity contribution in [3.63, 3.8) is 0 Å². The number of hydrogen-bond donors (Lipinski definition) is 0. The van der Waals surface area contributed by atoms with Crippen molar-refractivity contribution in [3.05, 3.63) is 48.0 Å². The summed E-state index contributed by atoms with van der Waals surface area (Å²) in [7, 11) is 0. The van der Waals surface area contributed by atoms with Crippen LogP contribution < -0.4 is 4.74 Å². The summed E-state index contributed by atoms with van der Waals surface area (Å²) < 4.78 is 11.5. The second-order valence-corrected chi connectivity index (χ2v) is 5.90. The second kappa shape index (κ2) is 6.97. The van der Waals surface area contributed by atoms with Crippen molar-refractivity contribution >= 4 is 26.9 Å². The summed E-state index contributed by atoms with van der Waals surface area (Å²) in [5.74, 6) is 0.893. The van der Waals surface area contributed by atoms with Crippen LogP contribution in [0, 0.1) is 0 Å². The van der Waals surface area contributed by atoms with E-state index in [4.69, 9.17) is 9.26 Å². The van der Waals surface area contributed by atoms with E-state index in [9.17, 15) is 0 Å². The van der Waals surface area contributed by atoms with Crippen molar-refractivity contribution in [1.29, 1.82) is 0 Å². The van der Waals surface area contributed by atoms with E-state index in [1.165, 1.54) is 0 Å². The molecule has 0 saturated carbocycles. The Labute approximate surface area is 138 Å². The number of aromatic nitrogens is 1. The molecule has 22 heavy (non-hydrogen) atoms. The predicted molar refractivity (Wildman–Crippen MR) is 92.7 cm³/mol. The van der Waals surface area contributed by atoms with Gasteiger partial charge in [-0.2, -0.15) is 0 Å². The molecule has 0 atom stereocenters. The average molecular weight is 360 g/mol. The highest BCUT2D eigenvalue weighted by atomic mass is 79.9. The molecule has 0 aliphatic carbocycles. The number of ether oxygens (including phenoxy) is 1. The number of rotatable bonds is 6. The van der Waals surface area contributed by atoms with Gasteiger partial charge in [0.1, 0.15) is 11.4 Å². The minimum Gasteiger partial charge on any atom is -0.492 e. The van der Waals surface area contributed by atoms with Crippen LogP contribution in [0.15, 0.2) is 47.0 Å². The Balaban J connectivity index is 2.11. The summed E-state index contributed by atoms with van der Waals surface area (Å²) >= 11 is 3.39. The molecule has 4 heteroatoms. The molecule has 0 unspecified atom stereocenters. The number of hydrogen-bond acceptors (Lipinski definition) is 3. The summed E-state index contributed by atoms with van der Waals surface area (Å²) in [5.41, 5.74) is 3.90. The molecular weight excluding hydrogens is 342 g/mol. The van der Waals surface area contributed by atoms with Gasteiger partial charge >= 0.3 is 0 Å². The van der Waals surface area contributed by atoms with Gasteiger partial charge in [-0.15, -0.1) is 0 Å². The van der Waals surface area contributed by atoms with Crippen molar-refractivity contribution in [3.8, 4) is 17.0 Å². The van der Waals surface area contributed by atoms with Crippen molar-refractivity contribution in [2.24, 2.45) is 0 Å². The van der Waals surface area contributed by atoms with E-state index in [2.05, 4.69) is 28.0 Å². The van der Waals surface area contributed by atoms with Crippen LogP contribution >= 0.6 is 15.9 Å². The van der Waals surface area contributed by atoms with Gasteiger partial charge in [0.2, 0.25) is 0 Å². The first kappa shape index (κ1) is 15.1. The van der Waals surface area contributed by atoms with Crippen LogP contribution in [0.3, 0.4) is 0 Å². The largest absolute Gasteiger partial charge is 0.492 e.